The first-order valence-corrected chi connectivity index (χ1v) is 8.64. The molecule has 0 N–H and O–H groups in total. The molecule has 0 aromatic heterocycles. The summed E-state index contributed by atoms with van der Waals surface area (Å²) in [6.07, 6.45) is 3.25. The van der Waals surface area contributed by atoms with E-state index in [1.54, 1.807) is 43.5 Å². The van der Waals surface area contributed by atoms with Crippen LogP contribution in [0.25, 0.3) is 16.8 Å². The van der Waals surface area contributed by atoms with Crippen molar-refractivity contribution in [1.82, 2.24) is 0 Å². The van der Waals surface area contributed by atoms with Crippen LogP contribution in [0, 0.1) is 11.3 Å². The maximum atomic E-state index is 12.8. The van der Waals surface area contributed by atoms with E-state index in [0.29, 0.717) is 17.1 Å². The second-order valence-corrected chi connectivity index (χ2v) is 5.92. The van der Waals surface area contributed by atoms with Crippen molar-refractivity contribution < 1.29 is 19.0 Å². The number of nitriles is 1. The maximum Gasteiger partial charge on any atom is 0.186 e. The summed E-state index contributed by atoms with van der Waals surface area (Å²) >= 11 is 0. The van der Waals surface area contributed by atoms with E-state index in [9.17, 15) is 4.79 Å². The lowest BCUT2D eigenvalue weighted by atomic mass is 10.00. The Morgan fingerprint density at radius 3 is 2.39 bits per heavy atom. The first-order chi connectivity index (χ1) is 13.7. The number of ether oxygens (including phenoxy) is 3. The summed E-state index contributed by atoms with van der Waals surface area (Å²) in [5.74, 6) is 1.60. The molecule has 0 heterocycles. The van der Waals surface area contributed by atoms with E-state index in [2.05, 4.69) is 0 Å². The van der Waals surface area contributed by atoms with Crippen molar-refractivity contribution >= 4 is 22.6 Å². The Labute approximate surface area is 163 Å². The smallest absolute Gasteiger partial charge is 0.186 e. The van der Waals surface area contributed by atoms with Crippen LogP contribution in [0.3, 0.4) is 0 Å². The molecule has 0 saturated heterocycles. The molecule has 0 saturated carbocycles. The summed E-state index contributed by atoms with van der Waals surface area (Å²) in [4.78, 5) is 12.8. The number of nitrogens with zero attached hydrogens (tertiary/aromatic N) is 1. The predicted molar refractivity (Wildman–Crippen MR) is 108 cm³/mol. The fourth-order valence-electron chi connectivity index (χ4n) is 2.94. The van der Waals surface area contributed by atoms with Gasteiger partial charge in [0.1, 0.15) is 11.8 Å². The lowest BCUT2D eigenvalue weighted by molar-refractivity contribution is 0.104. The summed E-state index contributed by atoms with van der Waals surface area (Å²) in [5.41, 5.74) is 1.39. The van der Waals surface area contributed by atoms with Crippen LogP contribution >= 0.6 is 0 Å². The zero-order chi connectivity index (χ0) is 19.9. The molecule has 0 atom stereocenters. The summed E-state index contributed by atoms with van der Waals surface area (Å²) in [5, 5.41) is 10.4. The van der Waals surface area contributed by atoms with Crippen LogP contribution in [-0.4, -0.2) is 26.6 Å². The third-order valence-corrected chi connectivity index (χ3v) is 4.28. The number of allylic oxidation sites excluding steroid dienone is 1. The summed E-state index contributed by atoms with van der Waals surface area (Å²) in [6, 6.07) is 18.4. The van der Waals surface area contributed by atoms with Gasteiger partial charge in [-0.1, -0.05) is 36.4 Å². The average Bonchev–Trinajstić information content (AvgIpc) is 2.75. The second kappa shape index (κ2) is 8.74. The van der Waals surface area contributed by atoms with Crippen LogP contribution < -0.4 is 14.2 Å². The van der Waals surface area contributed by atoms with Crippen molar-refractivity contribution in [2.24, 2.45) is 0 Å². The Bertz CT molecular complexity index is 1080. The van der Waals surface area contributed by atoms with Crippen molar-refractivity contribution in [3.63, 3.8) is 0 Å². The van der Waals surface area contributed by atoms with Gasteiger partial charge in [-0.15, -0.1) is 0 Å². The van der Waals surface area contributed by atoms with Gasteiger partial charge in [-0.2, -0.15) is 5.26 Å². The molecule has 0 fully saturated rings. The molecule has 0 aliphatic carbocycles. The fraction of sp³-hybridized carbons (Fsp3) is 0.130. The number of ketones is 1. The van der Waals surface area contributed by atoms with E-state index in [1.165, 1.54) is 13.2 Å². The summed E-state index contributed by atoms with van der Waals surface area (Å²) < 4.78 is 16.0. The third kappa shape index (κ3) is 3.97. The number of hydrogen-bond acceptors (Lipinski definition) is 5. The Morgan fingerprint density at radius 1 is 0.964 bits per heavy atom. The summed E-state index contributed by atoms with van der Waals surface area (Å²) in [7, 11) is 3.14. The fourth-order valence-corrected chi connectivity index (χ4v) is 2.94. The van der Waals surface area contributed by atoms with Crippen molar-refractivity contribution in [3.8, 4) is 23.3 Å². The molecule has 140 valence electrons. The van der Waals surface area contributed by atoms with E-state index in [0.717, 1.165) is 22.1 Å². The molecule has 0 spiro atoms. The molecule has 5 heteroatoms. The van der Waals surface area contributed by atoms with Gasteiger partial charge in [-0.3, -0.25) is 4.79 Å². The van der Waals surface area contributed by atoms with Crippen LogP contribution in [-0.2, 0) is 0 Å². The Kier molecular flexibility index (Phi) is 5.93. The standard InChI is InChI=1S/C23H19NO4/c1-26-21-12-9-18(17-5-3-4-6-19(17)21)20(25)10-7-16-8-11-22(28-14-13-24)23(15-16)27-2/h3-12,15H,14H2,1-2H3/b10-7+. The Hall–Kier alpha value is -3.78. The zero-order valence-corrected chi connectivity index (χ0v) is 15.6. The molecular formula is C23H19NO4. The second-order valence-electron chi connectivity index (χ2n) is 5.92. The number of carbonyl (C=O) groups excluding carboxylic acids is 1. The van der Waals surface area contributed by atoms with E-state index >= 15 is 0 Å². The highest BCUT2D eigenvalue weighted by atomic mass is 16.5. The monoisotopic (exact) mass is 373 g/mol. The van der Waals surface area contributed by atoms with Gasteiger partial charge in [0.25, 0.3) is 0 Å². The molecule has 3 rings (SSSR count). The molecule has 3 aromatic carbocycles. The lowest BCUT2D eigenvalue weighted by Gasteiger charge is -2.09. The normalized spacial score (nSPS) is 10.6. The van der Waals surface area contributed by atoms with Crippen LogP contribution in [0.2, 0.25) is 0 Å². The van der Waals surface area contributed by atoms with Gasteiger partial charge >= 0.3 is 0 Å². The molecule has 0 aliphatic rings. The Morgan fingerprint density at radius 2 is 1.68 bits per heavy atom. The van der Waals surface area contributed by atoms with Gasteiger partial charge in [0, 0.05) is 10.9 Å². The third-order valence-electron chi connectivity index (χ3n) is 4.28. The Balaban J connectivity index is 1.88. The topological polar surface area (TPSA) is 68.6 Å². The van der Waals surface area contributed by atoms with Crippen molar-refractivity contribution in [2.45, 2.75) is 0 Å². The molecule has 5 nitrogen and oxygen atoms in total. The van der Waals surface area contributed by atoms with Crippen molar-refractivity contribution in [1.29, 1.82) is 5.26 Å². The minimum Gasteiger partial charge on any atom is -0.496 e. The molecule has 0 amide bonds. The van der Waals surface area contributed by atoms with Gasteiger partial charge in [0.05, 0.1) is 14.2 Å². The molecule has 3 aromatic rings. The predicted octanol–water partition coefficient (Wildman–Crippen LogP) is 4.66. The highest BCUT2D eigenvalue weighted by molar-refractivity contribution is 6.15. The quantitative estimate of drug-likeness (QED) is 0.445. The van der Waals surface area contributed by atoms with Crippen LogP contribution in [0.5, 0.6) is 17.2 Å². The first kappa shape index (κ1) is 19.0. The van der Waals surface area contributed by atoms with Gasteiger partial charge in [0.2, 0.25) is 0 Å². The summed E-state index contributed by atoms with van der Waals surface area (Å²) in [6.45, 7) is -0.0609. The van der Waals surface area contributed by atoms with Crippen molar-refractivity contribution in [3.05, 3.63) is 71.8 Å². The number of hydrogen-bond donors (Lipinski definition) is 0. The number of carbonyl (C=O) groups is 1. The number of methoxy groups -OCH3 is 2. The van der Waals surface area contributed by atoms with Crippen LogP contribution in [0.4, 0.5) is 0 Å². The SMILES string of the molecule is COc1cc(/C=C/C(=O)c2ccc(OC)c3ccccc23)ccc1OCC#N. The van der Waals surface area contributed by atoms with Crippen molar-refractivity contribution in [2.75, 3.05) is 20.8 Å². The van der Waals surface area contributed by atoms with E-state index in [-0.39, 0.29) is 12.4 Å². The molecule has 0 bridgehead atoms. The van der Waals surface area contributed by atoms with E-state index < -0.39 is 0 Å². The highest BCUT2D eigenvalue weighted by Gasteiger charge is 2.11. The lowest BCUT2D eigenvalue weighted by Crippen LogP contribution is -1.98. The van der Waals surface area contributed by atoms with E-state index in [1.807, 2.05) is 30.3 Å². The minimum absolute atomic E-state index is 0.0609. The largest absolute Gasteiger partial charge is 0.496 e. The molecular weight excluding hydrogens is 354 g/mol. The van der Waals surface area contributed by atoms with Gasteiger partial charge in [0.15, 0.2) is 23.9 Å². The maximum absolute atomic E-state index is 12.8. The van der Waals surface area contributed by atoms with E-state index in [4.69, 9.17) is 19.5 Å². The van der Waals surface area contributed by atoms with Gasteiger partial charge < -0.3 is 14.2 Å². The number of benzene rings is 3. The minimum atomic E-state index is -0.109. The highest BCUT2D eigenvalue weighted by Crippen LogP contribution is 2.30. The zero-order valence-electron chi connectivity index (χ0n) is 15.6. The molecule has 28 heavy (non-hydrogen) atoms. The molecule has 0 aliphatic heterocycles. The van der Waals surface area contributed by atoms with Gasteiger partial charge in [-0.25, -0.2) is 0 Å². The number of fused-ring (bicyclic) bond motifs is 1. The number of rotatable bonds is 7. The molecule has 0 unspecified atom stereocenters. The average molecular weight is 373 g/mol. The van der Waals surface area contributed by atoms with Gasteiger partial charge in [-0.05, 0) is 41.3 Å². The molecule has 0 radical (unpaired) electrons. The van der Waals surface area contributed by atoms with Crippen LogP contribution in [0.1, 0.15) is 15.9 Å². The first-order valence-electron chi connectivity index (χ1n) is 8.64. The van der Waals surface area contributed by atoms with Crippen LogP contribution in [0.15, 0.2) is 60.7 Å².